The Balaban J connectivity index is 2.16. The largest absolute Gasteiger partial charge is 0.491 e. The Kier molecular flexibility index (Phi) is 6.85. The van der Waals surface area contributed by atoms with Crippen molar-refractivity contribution in [2.24, 2.45) is 0 Å². The van der Waals surface area contributed by atoms with Crippen LogP contribution in [0.25, 0.3) is 0 Å². The number of nitrogens with one attached hydrogen (secondary N) is 1. The minimum Gasteiger partial charge on any atom is -0.491 e. The molecule has 0 bridgehead atoms. The minimum absolute atomic E-state index is 0.0714. The Labute approximate surface area is 154 Å². The van der Waals surface area contributed by atoms with E-state index < -0.39 is 17.7 Å². The number of alkyl carbamates (subject to hydrolysis) is 1. The fourth-order valence-electron chi connectivity index (χ4n) is 2.75. The summed E-state index contributed by atoms with van der Waals surface area (Å²) < 4.78 is 10.6. The molecule has 2 rings (SSSR count). The number of carbonyl (C=O) groups is 2. The number of amides is 2. The zero-order valence-corrected chi connectivity index (χ0v) is 15.7. The molecule has 2 N–H and O–H groups in total. The average Bonchev–Trinajstić information content (AvgIpc) is 3.11. The molecule has 1 aliphatic heterocycles. The molecular formula is C19H28N2O5. The topological polar surface area (TPSA) is 88.1 Å². The van der Waals surface area contributed by atoms with Gasteiger partial charge in [0.2, 0.25) is 5.91 Å². The summed E-state index contributed by atoms with van der Waals surface area (Å²) in [6.45, 7) is 6.85. The maximum Gasteiger partial charge on any atom is 0.408 e. The van der Waals surface area contributed by atoms with Crippen LogP contribution in [0.2, 0.25) is 0 Å². The fourth-order valence-corrected chi connectivity index (χ4v) is 2.75. The van der Waals surface area contributed by atoms with Crippen molar-refractivity contribution in [1.29, 1.82) is 0 Å². The van der Waals surface area contributed by atoms with Gasteiger partial charge in [0.15, 0.2) is 0 Å². The van der Waals surface area contributed by atoms with Crippen LogP contribution in [-0.2, 0) is 9.53 Å². The summed E-state index contributed by atoms with van der Waals surface area (Å²) in [6.07, 6.45) is 1.31. The van der Waals surface area contributed by atoms with Gasteiger partial charge in [-0.15, -0.1) is 0 Å². The van der Waals surface area contributed by atoms with Crippen molar-refractivity contribution < 1.29 is 24.2 Å². The van der Waals surface area contributed by atoms with E-state index in [2.05, 4.69) is 5.32 Å². The molecule has 0 unspecified atom stereocenters. The van der Waals surface area contributed by atoms with Crippen molar-refractivity contribution >= 4 is 12.0 Å². The number of rotatable bonds is 6. The summed E-state index contributed by atoms with van der Waals surface area (Å²) >= 11 is 0. The molecule has 0 aromatic heterocycles. The van der Waals surface area contributed by atoms with Gasteiger partial charge in [0, 0.05) is 13.1 Å². The van der Waals surface area contributed by atoms with E-state index in [1.165, 1.54) is 0 Å². The van der Waals surface area contributed by atoms with Gasteiger partial charge in [0.05, 0.1) is 6.61 Å². The van der Waals surface area contributed by atoms with Gasteiger partial charge in [-0.3, -0.25) is 4.79 Å². The molecular weight excluding hydrogens is 336 g/mol. The lowest BCUT2D eigenvalue weighted by atomic mass is 10.1. The Morgan fingerprint density at radius 2 is 1.81 bits per heavy atom. The van der Waals surface area contributed by atoms with E-state index in [9.17, 15) is 9.59 Å². The van der Waals surface area contributed by atoms with E-state index in [0.29, 0.717) is 24.4 Å². The number of likely N-dealkylation sites (tertiary alicyclic amines) is 1. The third-order valence-electron chi connectivity index (χ3n) is 3.90. The standard InChI is InChI=1S/C19H28N2O5/c1-19(2,3)26-18(24)20-16(17(23)21-10-4-5-11-21)14-6-8-15(9-7-14)25-13-12-22/h6-9,16,22H,4-5,10-13H2,1-3H3,(H,20,24)/t16-/m0/s1. The van der Waals surface area contributed by atoms with Gasteiger partial charge in [-0.05, 0) is 51.3 Å². The molecule has 144 valence electrons. The quantitative estimate of drug-likeness (QED) is 0.808. The Morgan fingerprint density at radius 3 is 2.35 bits per heavy atom. The summed E-state index contributed by atoms with van der Waals surface area (Å²) in [5, 5.41) is 11.5. The van der Waals surface area contributed by atoms with Crippen LogP contribution in [-0.4, -0.2) is 53.9 Å². The fraction of sp³-hybridized carbons (Fsp3) is 0.579. The first-order valence-corrected chi connectivity index (χ1v) is 8.92. The van der Waals surface area contributed by atoms with Crippen molar-refractivity contribution in [3.63, 3.8) is 0 Å². The number of hydrogen-bond acceptors (Lipinski definition) is 5. The second-order valence-corrected chi connectivity index (χ2v) is 7.25. The normalized spacial score (nSPS) is 15.5. The molecule has 1 saturated heterocycles. The third kappa shape index (κ3) is 5.91. The van der Waals surface area contributed by atoms with Crippen LogP contribution in [0.3, 0.4) is 0 Å². The average molecular weight is 364 g/mol. The molecule has 1 atom stereocenters. The van der Waals surface area contributed by atoms with Crippen molar-refractivity contribution in [2.45, 2.75) is 45.3 Å². The number of carbonyl (C=O) groups excluding carboxylic acids is 2. The van der Waals surface area contributed by atoms with Crippen LogP contribution in [0.15, 0.2) is 24.3 Å². The predicted octanol–water partition coefficient (Wildman–Crippen LogP) is 2.25. The van der Waals surface area contributed by atoms with E-state index in [1.54, 1.807) is 49.9 Å². The molecule has 2 amide bonds. The van der Waals surface area contributed by atoms with Crippen molar-refractivity contribution in [3.8, 4) is 5.75 Å². The zero-order valence-electron chi connectivity index (χ0n) is 15.7. The predicted molar refractivity (Wildman–Crippen MR) is 96.9 cm³/mol. The van der Waals surface area contributed by atoms with Gasteiger partial charge in [-0.2, -0.15) is 0 Å². The van der Waals surface area contributed by atoms with Gasteiger partial charge in [-0.1, -0.05) is 12.1 Å². The molecule has 0 spiro atoms. The molecule has 0 radical (unpaired) electrons. The smallest absolute Gasteiger partial charge is 0.408 e. The highest BCUT2D eigenvalue weighted by Crippen LogP contribution is 2.22. The number of nitrogens with zero attached hydrogens (tertiary/aromatic N) is 1. The van der Waals surface area contributed by atoms with E-state index in [4.69, 9.17) is 14.6 Å². The van der Waals surface area contributed by atoms with Crippen LogP contribution >= 0.6 is 0 Å². The van der Waals surface area contributed by atoms with Gasteiger partial charge in [0.25, 0.3) is 0 Å². The van der Waals surface area contributed by atoms with Crippen LogP contribution in [0.4, 0.5) is 4.79 Å². The zero-order chi connectivity index (χ0) is 19.2. The van der Waals surface area contributed by atoms with Gasteiger partial charge in [-0.25, -0.2) is 4.79 Å². The highest BCUT2D eigenvalue weighted by atomic mass is 16.6. The van der Waals surface area contributed by atoms with E-state index >= 15 is 0 Å². The Bertz CT molecular complexity index is 603. The van der Waals surface area contributed by atoms with Crippen LogP contribution < -0.4 is 10.1 Å². The van der Waals surface area contributed by atoms with Crippen LogP contribution in [0.5, 0.6) is 5.75 Å². The lowest BCUT2D eigenvalue weighted by Crippen LogP contribution is -2.43. The maximum absolute atomic E-state index is 12.9. The molecule has 1 aromatic carbocycles. The first kappa shape index (κ1) is 20.0. The highest BCUT2D eigenvalue weighted by molar-refractivity contribution is 5.87. The Hall–Kier alpha value is -2.28. The van der Waals surface area contributed by atoms with Gasteiger partial charge >= 0.3 is 6.09 Å². The van der Waals surface area contributed by atoms with E-state index in [1.807, 2.05) is 0 Å². The van der Waals surface area contributed by atoms with Gasteiger partial charge in [0.1, 0.15) is 24.0 Å². The number of hydrogen-bond donors (Lipinski definition) is 2. The van der Waals surface area contributed by atoms with Crippen molar-refractivity contribution in [2.75, 3.05) is 26.3 Å². The summed E-state index contributed by atoms with van der Waals surface area (Å²) in [6, 6.07) is 6.10. The number of benzene rings is 1. The summed E-state index contributed by atoms with van der Waals surface area (Å²) in [5.74, 6) is 0.449. The van der Waals surface area contributed by atoms with Crippen molar-refractivity contribution in [1.82, 2.24) is 10.2 Å². The number of ether oxygens (including phenoxy) is 2. The molecule has 1 heterocycles. The highest BCUT2D eigenvalue weighted by Gasteiger charge is 2.30. The number of aliphatic hydroxyl groups excluding tert-OH is 1. The molecule has 1 fully saturated rings. The summed E-state index contributed by atoms with van der Waals surface area (Å²) in [5.41, 5.74) is 0.0111. The van der Waals surface area contributed by atoms with Crippen LogP contribution in [0, 0.1) is 0 Å². The second kappa shape index (κ2) is 8.89. The monoisotopic (exact) mass is 364 g/mol. The maximum atomic E-state index is 12.9. The molecule has 7 heteroatoms. The minimum atomic E-state index is -0.810. The first-order chi connectivity index (χ1) is 12.3. The second-order valence-electron chi connectivity index (χ2n) is 7.25. The summed E-state index contributed by atoms with van der Waals surface area (Å²) in [4.78, 5) is 26.9. The molecule has 0 saturated carbocycles. The third-order valence-corrected chi connectivity index (χ3v) is 3.90. The lowest BCUT2D eigenvalue weighted by molar-refractivity contribution is -0.132. The molecule has 26 heavy (non-hydrogen) atoms. The Morgan fingerprint density at radius 1 is 1.19 bits per heavy atom. The molecule has 0 aliphatic carbocycles. The lowest BCUT2D eigenvalue weighted by Gasteiger charge is -2.26. The van der Waals surface area contributed by atoms with Crippen LogP contribution in [0.1, 0.15) is 45.2 Å². The molecule has 1 aromatic rings. The van der Waals surface area contributed by atoms with E-state index in [0.717, 1.165) is 12.8 Å². The SMILES string of the molecule is CC(C)(C)OC(=O)N[C@H](C(=O)N1CCCC1)c1ccc(OCCO)cc1. The molecule has 1 aliphatic rings. The first-order valence-electron chi connectivity index (χ1n) is 8.92. The van der Waals surface area contributed by atoms with Gasteiger partial charge < -0.3 is 24.8 Å². The van der Waals surface area contributed by atoms with Crippen molar-refractivity contribution in [3.05, 3.63) is 29.8 Å². The summed E-state index contributed by atoms with van der Waals surface area (Å²) in [7, 11) is 0. The molecule has 7 nitrogen and oxygen atoms in total. The number of aliphatic hydroxyl groups is 1. The van der Waals surface area contributed by atoms with E-state index in [-0.39, 0.29) is 19.1 Å².